The number of amides is 2. The zero-order valence-electron chi connectivity index (χ0n) is 19.0. The Bertz CT molecular complexity index is 1100. The monoisotopic (exact) mass is 439 g/mol. The van der Waals surface area contributed by atoms with Gasteiger partial charge in [0.15, 0.2) is 5.65 Å². The average Bonchev–Trinajstić information content (AvgIpc) is 3.22. The Balaban J connectivity index is 1.34. The second-order valence-electron chi connectivity index (χ2n) is 9.94. The number of aromatic amines is 1. The minimum absolute atomic E-state index is 0.00221. The second-order valence-corrected chi connectivity index (χ2v) is 9.94. The maximum absolute atomic E-state index is 13.2. The van der Waals surface area contributed by atoms with Crippen molar-refractivity contribution in [2.24, 2.45) is 11.8 Å². The summed E-state index contributed by atoms with van der Waals surface area (Å²) < 4.78 is 1.48. The molecule has 0 bridgehead atoms. The van der Waals surface area contributed by atoms with Crippen molar-refractivity contribution >= 4 is 17.5 Å². The molecule has 0 radical (unpaired) electrons. The molecule has 8 heteroatoms. The maximum Gasteiger partial charge on any atom is 0.276 e. The fraction of sp³-hybridized carbons (Fsp3) is 0.667. The minimum Gasteiger partial charge on any atom is -0.353 e. The molecule has 8 nitrogen and oxygen atoms in total. The molecule has 2 saturated carbocycles. The van der Waals surface area contributed by atoms with E-state index in [9.17, 15) is 14.4 Å². The summed E-state index contributed by atoms with van der Waals surface area (Å²) in [6, 6.07) is 2.15. The van der Waals surface area contributed by atoms with Crippen molar-refractivity contribution in [1.82, 2.24) is 24.8 Å². The van der Waals surface area contributed by atoms with Crippen LogP contribution in [0, 0.1) is 18.8 Å². The third kappa shape index (κ3) is 3.95. The average molecular weight is 440 g/mol. The number of hydrogen-bond donors (Lipinski definition) is 2. The Morgan fingerprint density at radius 2 is 1.97 bits per heavy atom. The van der Waals surface area contributed by atoms with Gasteiger partial charge in [-0.1, -0.05) is 19.8 Å². The van der Waals surface area contributed by atoms with E-state index < -0.39 is 0 Å². The predicted molar refractivity (Wildman–Crippen MR) is 120 cm³/mol. The Hall–Kier alpha value is -2.64. The Morgan fingerprint density at radius 3 is 2.69 bits per heavy atom. The molecule has 32 heavy (non-hydrogen) atoms. The second kappa shape index (κ2) is 8.37. The summed E-state index contributed by atoms with van der Waals surface area (Å²) in [5.41, 5.74) is 2.52. The van der Waals surface area contributed by atoms with Crippen LogP contribution in [0.2, 0.25) is 0 Å². The minimum atomic E-state index is -0.154. The fourth-order valence-electron chi connectivity index (χ4n) is 5.49. The number of nitrogens with one attached hydrogen (secondary N) is 2. The third-order valence-corrected chi connectivity index (χ3v) is 7.58. The van der Waals surface area contributed by atoms with Crippen LogP contribution in [0.3, 0.4) is 0 Å². The molecule has 1 aliphatic heterocycles. The van der Waals surface area contributed by atoms with Gasteiger partial charge in [0.25, 0.3) is 5.56 Å². The normalized spacial score (nSPS) is 25.6. The standard InChI is InChI=1S/C24H33N5O3/c1-14-12-18(14)23(31)28-11-5-8-20(28)19-13-21-25-15(2)17(24(32)29(21)27-19)9-10-22(30)26-16-6-3-4-7-16/h13-14,16,18,20,27H,3-12H2,1-2H3,(H,26,30)/t14-,18-,20+/m1/s1. The van der Waals surface area contributed by atoms with Crippen LogP contribution < -0.4 is 10.9 Å². The largest absolute Gasteiger partial charge is 0.353 e. The highest BCUT2D eigenvalue weighted by molar-refractivity contribution is 5.82. The van der Waals surface area contributed by atoms with E-state index in [-0.39, 0.29) is 35.4 Å². The number of likely N-dealkylation sites (tertiary alicyclic amines) is 1. The zero-order valence-corrected chi connectivity index (χ0v) is 19.0. The summed E-state index contributed by atoms with van der Waals surface area (Å²) in [6.45, 7) is 4.72. The number of aryl methyl sites for hydroxylation is 1. The molecule has 2 aromatic heterocycles. The Morgan fingerprint density at radius 1 is 1.22 bits per heavy atom. The molecule has 2 amide bonds. The van der Waals surface area contributed by atoms with Crippen LogP contribution in [-0.4, -0.2) is 43.9 Å². The molecule has 5 rings (SSSR count). The van der Waals surface area contributed by atoms with Gasteiger partial charge in [-0.25, -0.2) is 9.50 Å². The van der Waals surface area contributed by atoms with Gasteiger partial charge in [0, 0.05) is 42.2 Å². The van der Waals surface area contributed by atoms with Gasteiger partial charge in [0.1, 0.15) is 0 Å². The van der Waals surface area contributed by atoms with Crippen LogP contribution in [-0.2, 0) is 16.0 Å². The molecule has 0 aromatic carbocycles. The van der Waals surface area contributed by atoms with E-state index in [4.69, 9.17) is 0 Å². The number of hydrogen-bond acceptors (Lipinski definition) is 4. The van der Waals surface area contributed by atoms with Crippen molar-refractivity contribution in [3.05, 3.63) is 33.4 Å². The molecule has 1 saturated heterocycles. The van der Waals surface area contributed by atoms with Gasteiger partial charge in [-0.15, -0.1) is 0 Å². The Labute approximate surface area is 187 Å². The van der Waals surface area contributed by atoms with Crippen molar-refractivity contribution < 1.29 is 9.59 Å². The van der Waals surface area contributed by atoms with Crippen LogP contribution in [0.15, 0.2) is 10.9 Å². The molecular formula is C24H33N5O3. The highest BCUT2D eigenvalue weighted by atomic mass is 16.2. The van der Waals surface area contributed by atoms with Gasteiger partial charge in [0.05, 0.1) is 11.7 Å². The number of carbonyl (C=O) groups is 2. The van der Waals surface area contributed by atoms with Crippen molar-refractivity contribution in [2.45, 2.75) is 83.7 Å². The maximum atomic E-state index is 13.2. The Kier molecular flexibility index (Phi) is 5.55. The van der Waals surface area contributed by atoms with Crippen LogP contribution in [0.4, 0.5) is 0 Å². The number of H-pyrrole nitrogens is 1. The van der Waals surface area contributed by atoms with E-state index in [1.54, 1.807) is 0 Å². The summed E-state index contributed by atoms with van der Waals surface area (Å²) in [6.07, 6.45) is 7.94. The topological polar surface area (TPSA) is 99.6 Å². The molecule has 2 N–H and O–H groups in total. The lowest BCUT2D eigenvalue weighted by Gasteiger charge is -2.24. The molecule has 3 fully saturated rings. The molecular weight excluding hydrogens is 406 g/mol. The van der Waals surface area contributed by atoms with Crippen LogP contribution >= 0.6 is 0 Å². The number of fused-ring (bicyclic) bond motifs is 1. The first-order valence-electron chi connectivity index (χ1n) is 12.1. The van der Waals surface area contributed by atoms with Gasteiger partial charge in [-0.05, 0) is 51.4 Å². The smallest absolute Gasteiger partial charge is 0.276 e. The first-order chi connectivity index (χ1) is 15.4. The summed E-state index contributed by atoms with van der Waals surface area (Å²) in [7, 11) is 0. The van der Waals surface area contributed by atoms with Crippen molar-refractivity contribution in [3.8, 4) is 0 Å². The summed E-state index contributed by atoms with van der Waals surface area (Å²) in [4.78, 5) is 45.0. The first-order valence-corrected chi connectivity index (χ1v) is 12.1. The SMILES string of the molecule is Cc1nc2cc([C@@H]3CCCN3C(=O)[C@@H]3C[C@H]3C)[nH]n2c(=O)c1CCC(=O)NC1CCCC1. The molecule has 2 aliphatic carbocycles. The summed E-state index contributed by atoms with van der Waals surface area (Å²) in [5.74, 6) is 0.878. The highest BCUT2D eigenvalue weighted by Gasteiger charge is 2.44. The van der Waals surface area contributed by atoms with E-state index in [0.29, 0.717) is 35.7 Å². The molecule has 0 unspecified atom stereocenters. The van der Waals surface area contributed by atoms with Gasteiger partial charge in [-0.3, -0.25) is 19.5 Å². The number of rotatable bonds is 6. The quantitative estimate of drug-likeness (QED) is 0.723. The fourth-order valence-corrected chi connectivity index (χ4v) is 5.49. The molecule has 3 atom stereocenters. The molecule has 3 aliphatic rings. The lowest BCUT2D eigenvalue weighted by molar-refractivity contribution is -0.133. The zero-order chi connectivity index (χ0) is 22.4. The van der Waals surface area contributed by atoms with Crippen LogP contribution in [0.5, 0.6) is 0 Å². The number of aromatic nitrogens is 3. The molecule has 0 spiro atoms. The predicted octanol–water partition coefficient (Wildman–Crippen LogP) is 2.64. The third-order valence-electron chi connectivity index (χ3n) is 7.58. The molecule has 3 heterocycles. The van der Waals surface area contributed by atoms with Crippen molar-refractivity contribution in [1.29, 1.82) is 0 Å². The number of carbonyl (C=O) groups excluding carboxylic acids is 2. The molecule has 2 aromatic rings. The van der Waals surface area contributed by atoms with Crippen LogP contribution in [0.1, 0.15) is 81.3 Å². The lowest BCUT2D eigenvalue weighted by Crippen LogP contribution is -2.33. The van der Waals surface area contributed by atoms with Gasteiger partial charge in [0.2, 0.25) is 11.8 Å². The summed E-state index contributed by atoms with van der Waals surface area (Å²) >= 11 is 0. The van der Waals surface area contributed by atoms with E-state index in [1.165, 1.54) is 17.4 Å². The number of nitrogens with zero attached hydrogens (tertiary/aromatic N) is 3. The van der Waals surface area contributed by atoms with Crippen LogP contribution in [0.25, 0.3) is 5.65 Å². The van der Waals surface area contributed by atoms with Crippen molar-refractivity contribution in [3.63, 3.8) is 0 Å². The van der Waals surface area contributed by atoms with E-state index in [1.807, 2.05) is 17.9 Å². The highest BCUT2D eigenvalue weighted by Crippen LogP contribution is 2.42. The van der Waals surface area contributed by atoms with E-state index >= 15 is 0 Å². The molecule has 172 valence electrons. The van der Waals surface area contributed by atoms with E-state index in [2.05, 4.69) is 22.3 Å². The van der Waals surface area contributed by atoms with Crippen molar-refractivity contribution in [2.75, 3.05) is 6.54 Å². The lowest BCUT2D eigenvalue weighted by atomic mass is 10.1. The van der Waals surface area contributed by atoms with Gasteiger partial charge in [-0.2, -0.15) is 0 Å². The first kappa shape index (κ1) is 21.2. The van der Waals surface area contributed by atoms with Gasteiger partial charge >= 0.3 is 0 Å². The van der Waals surface area contributed by atoms with E-state index in [0.717, 1.165) is 44.3 Å². The summed E-state index contributed by atoms with van der Waals surface area (Å²) in [5, 5.41) is 6.31. The van der Waals surface area contributed by atoms with Gasteiger partial charge < -0.3 is 10.2 Å².